The molecule has 0 aliphatic heterocycles. The third-order valence-electron chi connectivity index (χ3n) is 4.09. The summed E-state index contributed by atoms with van der Waals surface area (Å²) < 4.78 is 5.18. The number of carbonyl (C=O) groups is 3. The molecule has 0 saturated carbocycles. The zero-order valence-electron chi connectivity index (χ0n) is 15.6. The molecule has 0 radical (unpaired) electrons. The molecule has 0 atom stereocenters. The van der Waals surface area contributed by atoms with E-state index >= 15 is 0 Å². The summed E-state index contributed by atoms with van der Waals surface area (Å²) in [5.41, 5.74) is 1.26. The number of benzene rings is 2. The molecule has 0 aliphatic carbocycles. The Labute approximate surface area is 191 Å². The summed E-state index contributed by atoms with van der Waals surface area (Å²) in [6.45, 7) is -0.186. The molecule has 1 heterocycles. The first-order valence-electron chi connectivity index (χ1n) is 8.59. The van der Waals surface area contributed by atoms with Gasteiger partial charge in [-0.3, -0.25) is 14.4 Å². The van der Waals surface area contributed by atoms with Crippen molar-refractivity contribution >= 4 is 79.7 Å². The van der Waals surface area contributed by atoms with Crippen LogP contribution in [0.4, 0.5) is 5.69 Å². The van der Waals surface area contributed by atoms with Crippen molar-refractivity contribution in [2.75, 3.05) is 19.0 Å². The van der Waals surface area contributed by atoms with Crippen molar-refractivity contribution in [3.05, 3.63) is 61.9 Å². The fourth-order valence-electron chi connectivity index (χ4n) is 2.64. The summed E-state index contributed by atoms with van der Waals surface area (Å²) in [5.74, 6) is -1.22. The Kier molecular flexibility index (Phi) is 7.20. The molecule has 0 saturated heterocycles. The Bertz CT molecular complexity index is 1130. The summed E-state index contributed by atoms with van der Waals surface area (Å²) in [6, 6.07) is 10.0. The van der Waals surface area contributed by atoms with Crippen molar-refractivity contribution in [1.82, 2.24) is 5.32 Å². The molecule has 3 aromatic rings. The van der Waals surface area contributed by atoms with E-state index in [-0.39, 0.29) is 29.8 Å². The number of esters is 1. The highest BCUT2D eigenvalue weighted by Crippen LogP contribution is 2.41. The van der Waals surface area contributed by atoms with Crippen molar-refractivity contribution in [3.63, 3.8) is 0 Å². The summed E-state index contributed by atoms with van der Waals surface area (Å²) in [5, 5.41) is 6.94. The minimum atomic E-state index is -0.523. The van der Waals surface area contributed by atoms with Gasteiger partial charge in [-0.05, 0) is 29.8 Å². The minimum absolute atomic E-state index is 0.0899. The number of nitrogens with one attached hydrogen (secondary N) is 2. The van der Waals surface area contributed by atoms with E-state index in [9.17, 15) is 14.4 Å². The van der Waals surface area contributed by atoms with Crippen LogP contribution in [0.1, 0.15) is 15.2 Å². The standard InChI is InChI=1S/C20H15Cl3N2O4S/c1-29-16(27)9-24-15(26)6-10-2-4-12(5-3-10)25-20(28)19-18(23)17-13(22)7-11(21)8-14(17)30-19/h2-5,7-8H,6,9H2,1H3,(H,24,26)(H,25,28). The Hall–Kier alpha value is -2.32. The van der Waals surface area contributed by atoms with Gasteiger partial charge in [0.25, 0.3) is 5.91 Å². The van der Waals surface area contributed by atoms with Gasteiger partial charge in [0, 0.05) is 20.8 Å². The number of anilines is 1. The summed E-state index contributed by atoms with van der Waals surface area (Å²) in [7, 11) is 1.25. The molecule has 0 aliphatic rings. The molecule has 3 rings (SSSR count). The maximum absolute atomic E-state index is 12.7. The van der Waals surface area contributed by atoms with Gasteiger partial charge < -0.3 is 15.4 Å². The lowest BCUT2D eigenvalue weighted by Gasteiger charge is -2.07. The number of amides is 2. The molecule has 2 aromatic carbocycles. The lowest BCUT2D eigenvalue weighted by Crippen LogP contribution is -2.31. The summed E-state index contributed by atoms with van der Waals surface area (Å²) >= 11 is 19.8. The Morgan fingerprint density at radius 3 is 2.43 bits per heavy atom. The maximum Gasteiger partial charge on any atom is 0.325 e. The number of fused-ring (bicyclic) bond motifs is 1. The molecule has 6 nitrogen and oxygen atoms in total. The van der Waals surface area contributed by atoms with E-state index in [4.69, 9.17) is 34.8 Å². The van der Waals surface area contributed by atoms with Gasteiger partial charge in [0.15, 0.2) is 0 Å². The van der Waals surface area contributed by atoms with Gasteiger partial charge in [-0.2, -0.15) is 0 Å². The van der Waals surface area contributed by atoms with Crippen molar-refractivity contribution in [3.8, 4) is 0 Å². The van der Waals surface area contributed by atoms with E-state index in [0.717, 1.165) is 10.3 Å². The van der Waals surface area contributed by atoms with Crippen molar-refractivity contribution < 1.29 is 19.1 Å². The lowest BCUT2D eigenvalue weighted by molar-refractivity contribution is -0.141. The quantitative estimate of drug-likeness (QED) is 0.484. The number of rotatable bonds is 6. The molecule has 10 heteroatoms. The molecule has 2 amide bonds. The average molecular weight is 486 g/mol. The highest BCUT2D eigenvalue weighted by molar-refractivity contribution is 7.21. The Balaban J connectivity index is 1.67. The van der Waals surface area contributed by atoms with Crippen LogP contribution in [0.15, 0.2) is 36.4 Å². The van der Waals surface area contributed by atoms with Gasteiger partial charge in [0.05, 0.1) is 23.6 Å². The monoisotopic (exact) mass is 484 g/mol. The van der Waals surface area contributed by atoms with Crippen molar-refractivity contribution in [1.29, 1.82) is 0 Å². The number of ether oxygens (including phenoxy) is 1. The maximum atomic E-state index is 12.7. The second kappa shape index (κ2) is 9.66. The third-order valence-corrected chi connectivity index (χ3v) is 6.23. The smallest absolute Gasteiger partial charge is 0.325 e. The molecule has 156 valence electrons. The van der Waals surface area contributed by atoms with E-state index < -0.39 is 5.97 Å². The van der Waals surface area contributed by atoms with Crippen LogP contribution in [0.2, 0.25) is 15.1 Å². The van der Waals surface area contributed by atoms with E-state index in [1.807, 2.05) is 0 Å². The topological polar surface area (TPSA) is 84.5 Å². The van der Waals surface area contributed by atoms with Crippen molar-refractivity contribution in [2.45, 2.75) is 6.42 Å². The number of hydrogen-bond acceptors (Lipinski definition) is 5. The van der Waals surface area contributed by atoms with Crippen LogP contribution < -0.4 is 10.6 Å². The zero-order valence-corrected chi connectivity index (χ0v) is 18.6. The number of hydrogen-bond donors (Lipinski definition) is 2. The first kappa shape index (κ1) is 22.4. The van der Waals surface area contributed by atoms with Crippen LogP contribution >= 0.6 is 46.1 Å². The average Bonchev–Trinajstić information content (AvgIpc) is 3.04. The molecule has 2 N–H and O–H groups in total. The molecule has 0 spiro atoms. The number of methoxy groups -OCH3 is 1. The third kappa shape index (κ3) is 5.23. The van der Waals surface area contributed by atoms with Crippen LogP contribution in [0.25, 0.3) is 10.1 Å². The predicted octanol–water partition coefficient (Wildman–Crippen LogP) is 4.95. The van der Waals surface area contributed by atoms with Crippen LogP contribution in [-0.2, 0) is 20.7 Å². The van der Waals surface area contributed by atoms with Crippen LogP contribution in [0, 0.1) is 0 Å². The molecular weight excluding hydrogens is 471 g/mol. The van der Waals surface area contributed by atoms with Gasteiger partial charge in [-0.1, -0.05) is 46.9 Å². The first-order chi connectivity index (χ1) is 14.3. The minimum Gasteiger partial charge on any atom is -0.468 e. The summed E-state index contributed by atoms with van der Waals surface area (Å²) in [6.07, 6.45) is 0.0899. The summed E-state index contributed by atoms with van der Waals surface area (Å²) in [4.78, 5) is 35.9. The molecule has 0 bridgehead atoms. The largest absolute Gasteiger partial charge is 0.468 e. The highest BCUT2D eigenvalue weighted by atomic mass is 35.5. The van der Waals surface area contributed by atoms with Gasteiger partial charge >= 0.3 is 5.97 Å². The fourth-order valence-corrected chi connectivity index (χ4v) is 4.92. The SMILES string of the molecule is COC(=O)CNC(=O)Cc1ccc(NC(=O)c2sc3cc(Cl)cc(Cl)c3c2Cl)cc1. The predicted molar refractivity (Wildman–Crippen MR) is 120 cm³/mol. The number of thiophene rings is 1. The zero-order chi connectivity index (χ0) is 21.8. The molecule has 1 aromatic heterocycles. The molecule has 0 unspecified atom stereocenters. The van der Waals surface area contributed by atoms with E-state index in [1.54, 1.807) is 36.4 Å². The van der Waals surface area contributed by atoms with Gasteiger partial charge in [0.2, 0.25) is 5.91 Å². The van der Waals surface area contributed by atoms with Crippen LogP contribution in [-0.4, -0.2) is 31.4 Å². The highest BCUT2D eigenvalue weighted by Gasteiger charge is 2.20. The second-order valence-corrected chi connectivity index (χ2v) is 8.46. The molecular formula is C20H15Cl3N2O4S. The van der Waals surface area contributed by atoms with Crippen molar-refractivity contribution in [2.24, 2.45) is 0 Å². The lowest BCUT2D eigenvalue weighted by atomic mass is 10.1. The number of halogens is 3. The van der Waals surface area contributed by atoms with Gasteiger partial charge in [-0.25, -0.2) is 0 Å². The first-order valence-corrected chi connectivity index (χ1v) is 10.5. The van der Waals surface area contributed by atoms with Crippen LogP contribution in [0.3, 0.4) is 0 Å². The van der Waals surface area contributed by atoms with E-state index in [0.29, 0.717) is 26.0 Å². The second-order valence-electron chi connectivity index (χ2n) is 6.19. The van der Waals surface area contributed by atoms with Gasteiger partial charge in [-0.15, -0.1) is 11.3 Å². The molecule has 0 fully saturated rings. The number of carbonyl (C=O) groups excluding carboxylic acids is 3. The van der Waals surface area contributed by atoms with Crippen LogP contribution in [0.5, 0.6) is 0 Å². The molecule has 30 heavy (non-hydrogen) atoms. The van der Waals surface area contributed by atoms with Gasteiger partial charge in [0.1, 0.15) is 11.4 Å². The fraction of sp³-hybridized carbons (Fsp3) is 0.150. The Morgan fingerprint density at radius 1 is 1.07 bits per heavy atom. The van der Waals surface area contributed by atoms with E-state index in [1.165, 1.54) is 18.4 Å². The Morgan fingerprint density at radius 2 is 1.77 bits per heavy atom. The van der Waals surface area contributed by atoms with E-state index in [2.05, 4.69) is 15.4 Å². The normalized spacial score (nSPS) is 10.7.